The summed E-state index contributed by atoms with van der Waals surface area (Å²) in [6.45, 7) is 1.45. The molecular formula is C14H16ClN3. The molecule has 0 saturated carbocycles. The molecule has 0 aliphatic heterocycles. The minimum absolute atomic E-state index is 0.647. The van der Waals surface area contributed by atoms with Crippen LogP contribution in [-0.4, -0.2) is 18.1 Å². The van der Waals surface area contributed by atoms with E-state index in [1.807, 2.05) is 42.5 Å². The fourth-order valence-corrected chi connectivity index (χ4v) is 2.01. The first kappa shape index (κ1) is 12.9. The fraction of sp³-hybridized carbons (Fsp3) is 0.214. The van der Waals surface area contributed by atoms with Crippen molar-refractivity contribution in [3.05, 3.63) is 53.7 Å². The van der Waals surface area contributed by atoms with Crippen LogP contribution in [0.25, 0.3) is 0 Å². The lowest BCUT2D eigenvalue weighted by Crippen LogP contribution is -2.22. The van der Waals surface area contributed by atoms with E-state index in [9.17, 15) is 0 Å². The molecule has 94 valence electrons. The minimum atomic E-state index is 0.647. The minimum Gasteiger partial charge on any atom is -0.330 e. The van der Waals surface area contributed by atoms with Crippen molar-refractivity contribution in [1.82, 2.24) is 4.98 Å². The van der Waals surface area contributed by atoms with Gasteiger partial charge in [-0.2, -0.15) is 0 Å². The maximum Gasteiger partial charge on any atom is 0.151 e. The molecule has 0 fully saturated rings. The van der Waals surface area contributed by atoms with Crippen LogP contribution in [0.1, 0.15) is 6.42 Å². The number of rotatable bonds is 5. The highest BCUT2D eigenvalue weighted by Crippen LogP contribution is 2.29. The highest BCUT2D eigenvalue weighted by molar-refractivity contribution is 6.33. The van der Waals surface area contributed by atoms with Gasteiger partial charge in [0.1, 0.15) is 0 Å². The SMILES string of the molecule is NCCCN(c1ccccc1)c1ncccc1Cl. The van der Waals surface area contributed by atoms with Gasteiger partial charge >= 0.3 is 0 Å². The van der Waals surface area contributed by atoms with Crippen molar-refractivity contribution in [1.29, 1.82) is 0 Å². The predicted molar refractivity (Wildman–Crippen MR) is 76.4 cm³/mol. The Labute approximate surface area is 112 Å². The lowest BCUT2D eigenvalue weighted by molar-refractivity contribution is 0.810. The average Bonchev–Trinajstić information content (AvgIpc) is 2.42. The van der Waals surface area contributed by atoms with E-state index < -0.39 is 0 Å². The van der Waals surface area contributed by atoms with Crippen LogP contribution in [0.15, 0.2) is 48.7 Å². The molecular weight excluding hydrogens is 246 g/mol. The summed E-state index contributed by atoms with van der Waals surface area (Å²) in [6.07, 6.45) is 2.64. The van der Waals surface area contributed by atoms with Crippen LogP contribution in [0.5, 0.6) is 0 Å². The Morgan fingerprint density at radius 3 is 2.56 bits per heavy atom. The summed E-state index contributed by atoms with van der Waals surface area (Å²) in [5.74, 6) is 0.777. The maximum atomic E-state index is 6.21. The number of hydrogen-bond donors (Lipinski definition) is 1. The van der Waals surface area contributed by atoms with Crippen LogP contribution in [-0.2, 0) is 0 Å². The topological polar surface area (TPSA) is 42.1 Å². The molecule has 3 nitrogen and oxygen atoms in total. The van der Waals surface area contributed by atoms with Gasteiger partial charge in [0.2, 0.25) is 0 Å². The monoisotopic (exact) mass is 261 g/mol. The summed E-state index contributed by atoms with van der Waals surface area (Å²) < 4.78 is 0. The largest absolute Gasteiger partial charge is 0.330 e. The number of hydrogen-bond acceptors (Lipinski definition) is 3. The third kappa shape index (κ3) is 3.00. The second-order valence-corrected chi connectivity index (χ2v) is 4.35. The molecule has 4 heteroatoms. The summed E-state index contributed by atoms with van der Waals surface area (Å²) in [5.41, 5.74) is 6.67. The van der Waals surface area contributed by atoms with Gasteiger partial charge in [-0.15, -0.1) is 0 Å². The fourth-order valence-electron chi connectivity index (χ4n) is 1.79. The number of anilines is 2. The quantitative estimate of drug-likeness (QED) is 0.899. The molecule has 0 spiro atoms. The Kier molecular flexibility index (Phi) is 4.56. The molecule has 0 aliphatic carbocycles. The van der Waals surface area contributed by atoms with Crippen molar-refractivity contribution < 1.29 is 0 Å². The Morgan fingerprint density at radius 1 is 1.11 bits per heavy atom. The van der Waals surface area contributed by atoms with Gasteiger partial charge in [0.25, 0.3) is 0 Å². The van der Waals surface area contributed by atoms with Gasteiger partial charge in [-0.05, 0) is 37.2 Å². The number of para-hydroxylation sites is 1. The number of benzene rings is 1. The zero-order valence-electron chi connectivity index (χ0n) is 10.1. The number of halogens is 1. The summed E-state index contributed by atoms with van der Waals surface area (Å²) in [6, 6.07) is 13.8. The van der Waals surface area contributed by atoms with E-state index >= 15 is 0 Å². The van der Waals surface area contributed by atoms with Gasteiger partial charge in [-0.1, -0.05) is 29.8 Å². The number of nitrogens with zero attached hydrogens (tertiary/aromatic N) is 2. The summed E-state index contributed by atoms with van der Waals surface area (Å²) in [4.78, 5) is 6.45. The molecule has 0 saturated heterocycles. The van der Waals surface area contributed by atoms with Gasteiger partial charge in [0.05, 0.1) is 5.02 Å². The molecule has 2 aromatic rings. The van der Waals surface area contributed by atoms with Crippen molar-refractivity contribution in [3.63, 3.8) is 0 Å². The first-order valence-electron chi connectivity index (χ1n) is 5.96. The molecule has 0 atom stereocenters. The van der Waals surface area contributed by atoms with Crippen LogP contribution < -0.4 is 10.6 Å². The standard InChI is InChI=1S/C14H16ClN3/c15-13-8-4-10-17-14(13)18(11-5-9-16)12-6-2-1-3-7-12/h1-4,6-8,10H,5,9,11,16H2. The Morgan fingerprint density at radius 2 is 1.89 bits per heavy atom. The van der Waals surface area contributed by atoms with E-state index in [0.717, 1.165) is 24.5 Å². The van der Waals surface area contributed by atoms with Crippen molar-refractivity contribution in [3.8, 4) is 0 Å². The molecule has 1 aromatic heterocycles. The highest BCUT2D eigenvalue weighted by atomic mass is 35.5. The molecule has 1 aromatic carbocycles. The smallest absolute Gasteiger partial charge is 0.151 e. The molecule has 0 amide bonds. The zero-order chi connectivity index (χ0) is 12.8. The number of nitrogens with two attached hydrogens (primary N) is 1. The van der Waals surface area contributed by atoms with Crippen LogP contribution in [0.3, 0.4) is 0 Å². The third-order valence-electron chi connectivity index (χ3n) is 2.65. The number of aromatic nitrogens is 1. The Bertz CT molecular complexity index is 487. The Hall–Kier alpha value is -1.58. The van der Waals surface area contributed by atoms with Crippen LogP contribution in [0, 0.1) is 0 Å². The molecule has 0 radical (unpaired) electrons. The molecule has 2 N–H and O–H groups in total. The first-order valence-corrected chi connectivity index (χ1v) is 6.34. The molecule has 0 aliphatic rings. The predicted octanol–water partition coefficient (Wildman–Crippen LogP) is 3.22. The van der Waals surface area contributed by atoms with Gasteiger partial charge in [0, 0.05) is 18.4 Å². The van der Waals surface area contributed by atoms with Gasteiger partial charge in [0.15, 0.2) is 5.82 Å². The van der Waals surface area contributed by atoms with E-state index in [2.05, 4.69) is 9.88 Å². The van der Waals surface area contributed by atoms with Crippen molar-refractivity contribution >= 4 is 23.1 Å². The van der Waals surface area contributed by atoms with Crippen LogP contribution in [0.2, 0.25) is 5.02 Å². The van der Waals surface area contributed by atoms with Gasteiger partial charge < -0.3 is 10.6 Å². The maximum absolute atomic E-state index is 6.21. The third-order valence-corrected chi connectivity index (χ3v) is 2.94. The summed E-state index contributed by atoms with van der Waals surface area (Å²) >= 11 is 6.21. The normalized spacial score (nSPS) is 10.3. The van der Waals surface area contributed by atoms with Gasteiger partial charge in [-0.3, -0.25) is 0 Å². The molecule has 0 unspecified atom stereocenters. The van der Waals surface area contributed by atoms with Crippen LogP contribution in [0.4, 0.5) is 11.5 Å². The van der Waals surface area contributed by atoms with E-state index in [1.165, 1.54) is 0 Å². The van der Waals surface area contributed by atoms with Gasteiger partial charge in [-0.25, -0.2) is 4.98 Å². The van der Waals surface area contributed by atoms with Crippen molar-refractivity contribution in [2.24, 2.45) is 5.73 Å². The highest BCUT2D eigenvalue weighted by Gasteiger charge is 2.12. The van der Waals surface area contributed by atoms with E-state index in [1.54, 1.807) is 6.20 Å². The van der Waals surface area contributed by atoms with E-state index in [-0.39, 0.29) is 0 Å². The van der Waals surface area contributed by atoms with Crippen molar-refractivity contribution in [2.45, 2.75) is 6.42 Å². The lowest BCUT2D eigenvalue weighted by atomic mass is 10.2. The van der Waals surface area contributed by atoms with E-state index in [0.29, 0.717) is 11.6 Å². The summed E-state index contributed by atoms with van der Waals surface area (Å²) in [5, 5.41) is 0.651. The molecule has 1 heterocycles. The Balaban J connectivity index is 2.34. The van der Waals surface area contributed by atoms with E-state index in [4.69, 9.17) is 17.3 Å². The first-order chi connectivity index (χ1) is 8.83. The number of pyridine rings is 1. The molecule has 18 heavy (non-hydrogen) atoms. The molecule has 2 rings (SSSR count). The lowest BCUT2D eigenvalue weighted by Gasteiger charge is -2.24. The average molecular weight is 262 g/mol. The zero-order valence-corrected chi connectivity index (χ0v) is 10.8. The second kappa shape index (κ2) is 6.38. The van der Waals surface area contributed by atoms with Crippen LogP contribution >= 0.6 is 11.6 Å². The van der Waals surface area contributed by atoms with Crippen molar-refractivity contribution in [2.75, 3.05) is 18.0 Å². The summed E-state index contributed by atoms with van der Waals surface area (Å²) in [7, 11) is 0. The second-order valence-electron chi connectivity index (χ2n) is 3.94. The molecule has 0 bridgehead atoms.